The summed E-state index contributed by atoms with van der Waals surface area (Å²) in [5.41, 5.74) is 0. The number of piperazine rings is 2. The van der Waals surface area contributed by atoms with Gasteiger partial charge < -0.3 is 39.5 Å². The molecule has 0 saturated carbocycles. The Labute approximate surface area is 305 Å². The summed E-state index contributed by atoms with van der Waals surface area (Å²) in [5.74, 6) is 0.0237. The van der Waals surface area contributed by atoms with Gasteiger partial charge in [0.05, 0.1) is 57.9 Å². The lowest BCUT2D eigenvalue weighted by Gasteiger charge is -2.43. The van der Waals surface area contributed by atoms with Gasteiger partial charge in [-0.1, -0.05) is 0 Å². The van der Waals surface area contributed by atoms with Gasteiger partial charge in [-0.15, -0.1) is 0 Å². The van der Waals surface area contributed by atoms with E-state index in [1.54, 1.807) is 0 Å². The SMILES string of the molecule is CC(C)N1CCN(C2COC2)CC1.CC(C)N1CCN(CC(CO)CO)CC1.CC(C)N1CCO[C@@H](CO)C1.CC(C)N1CCO[C@H](CO)C1. The normalized spacial score (nSPS) is 25.6. The van der Waals surface area contributed by atoms with Crippen LogP contribution in [0, 0.1) is 5.92 Å². The zero-order chi connectivity index (χ0) is 37.1. The summed E-state index contributed by atoms with van der Waals surface area (Å²) >= 11 is 0. The summed E-state index contributed by atoms with van der Waals surface area (Å²) in [6.45, 7) is 35.3. The molecule has 5 saturated heterocycles. The van der Waals surface area contributed by atoms with Gasteiger partial charge in [0.1, 0.15) is 0 Å². The molecule has 50 heavy (non-hydrogen) atoms. The summed E-state index contributed by atoms with van der Waals surface area (Å²) < 4.78 is 15.8. The summed E-state index contributed by atoms with van der Waals surface area (Å²) in [6.07, 6.45) is 0.0669. The highest BCUT2D eigenvalue weighted by molar-refractivity contribution is 4.83. The Morgan fingerprint density at radius 2 is 0.920 bits per heavy atom. The first kappa shape index (κ1) is 45.6. The van der Waals surface area contributed by atoms with Crippen molar-refractivity contribution >= 4 is 0 Å². The molecule has 0 spiro atoms. The predicted octanol–water partition coefficient (Wildman–Crippen LogP) is 0.200. The standard InChI is InChI=1S/C11H24N2O2.C10H20N2O.2C8H17NO2/c1-10(2)13-5-3-12(4-6-13)7-11(8-14)9-15;1-9(2)11-3-5-12(6-4-11)10-7-13-8-10;2*1-7(2)9-3-4-11-8(5-9)6-10/h10-11,14-15H,3-9H2,1-2H3;9-10H,3-8H2,1-2H3;2*7-8,10H,3-6H2,1-2H3/t;;2*8-/m..10/s1. The van der Waals surface area contributed by atoms with Crippen molar-refractivity contribution in [2.75, 3.05) is 138 Å². The van der Waals surface area contributed by atoms with Gasteiger partial charge in [0.25, 0.3) is 0 Å². The van der Waals surface area contributed by atoms with E-state index in [0.717, 1.165) is 91.4 Å². The molecule has 5 aliphatic rings. The number of aliphatic hydroxyl groups is 4. The average molecular weight is 719 g/mol. The minimum atomic E-state index is 0.0237. The molecule has 0 bridgehead atoms. The van der Waals surface area contributed by atoms with Crippen LogP contribution in [0.15, 0.2) is 0 Å². The van der Waals surface area contributed by atoms with Crippen molar-refractivity contribution < 1.29 is 34.6 Å². The first-order chi connectivity index (χ1) is 23.9. The predicted molar refractivity (Wildman–Crippen MR) is 201 cm³/mol. The Bertz CT molecular complexity index is 792. The van der Waals surface area contributed by atoms with Gasteiger partial charge in [-0.3, -0.25) is 24.5 Å². The van der Waals surface area contributed by atoms with Crippen LogP contribution in [0.2, 0.25) is 0 Å². The van der Waals surface area contributed by atoms with Gasteiger partial charge in [0.15, 0.2) is 0 Å². The van der Waals surface area contributed by atoms with E-state index in [4.69, 9.17) is 34.6 Å². The lowest BCUT2D eigenvalue weighted by atomic mass is 10.1. The number of aliphatic hydroxyl groups excluding tert-OH is 4. The Kier molecular flexibility index (Phi) is 23.3. The maximum absolute atomic E-state index is 9.00. The number of hydrogen-bond donors (Lipinski definition) is 4. The zero-order valence-corrected chi connectivity index (χ0v) is 33.2. The largest absolute Gasteiger partial charge is 0.396 e. The van der Waals surface area contributed by atoms with Crippen LogP contribution in [0.1, 0.15) is 55.4 Å². The van der Waals surface area contributed by atoms with Crippen LogP contribution in [-0.2, 0) is 14.2 Å². The first-order valence-corrected chi connectivity index (χ1v) is 19.6. The lowest BCUT2D eigenvalue weighted by molar-refractivity contribution is -0.0787. The molecule has 5 heterocycles. The maximum atomic E-state index is 9.00. The molecule has 5 rings (SSSR count). The Morgan fingerprint density at radius 3 is 1.24 bits per heavy atom. The number of morpholine rings is 2. The van der Waals surface area contributed by atoms with E-state index in [0.29, 0.717) is 24.2 Å². The second kappa shape index (κ2) is 25.5. The van der Waals surface area contributed by atoms with Crippen LogP contribution in [-0.4, -0.2) is 230 Å². The third-order valence-corrected chi connectivity index (χ3v) is 10.6. The van der Waals surface area contributed by atoms with Crippen LogP contribution in [0.4, 0.5) is 0 Å². The summed E-state index contributed by atoms with van der Waals surface area (Å²) in [4.78, 5) is 14.6. The van der Waals surface area contributed by atoms with Gasteiger partial charge in [0, 0.05) is 128 Å². The number of nitrogens with zero attached hydrogens (tertiary/aromatic N) is 6. The highest BCUT2D eigenvalue weighted by Gasteiger charge is 2.29. The maximum Gasteiger partial charge on any atom is 0.0932 e. The Balaban J connectivity index is 0.000000233. The van der Waals surface area contributed by atoms with Crippen molar-refractivity contribution in [2.45, 2.75) is 97.8 Å². The molecule has 2 atom stereocenters. The third-order valence-electron chi connectivity index (χ3n) is 10.6. The molecule has 0 aromatic carbocycles. The first-order valence-electron chi connectivity index (χ1n) is 19.6. The number of ether oxygens (including phenoxy) is 3. The summed E-state index contributed by atoms with van der Waals surface area (Å²) in [5, 5.41) is 35.7. The van der Waals surface area contributed by atoms with E-state index in [9.17, 15) is 0 Å². The second-order valence-corrected chi connectivity index (χ2v) is 15.5. The fraction of sp³-hybridized carbons (Fsp3) is 1.00. The molecule has 0 aromatic heterocycles. The molecular formula is C37H78N6O7. The molecule has 298 valence electrons. The van der Waals surface area contributed by atoms with Crippen LogP contribution >= 0.6 is 0 Å². The number of hydrogen-bond acceptors (Lipinski definition) is 13. The van der Waals surface area contributed by atoms with Crippen molar-refractivity contribution in [3.05, 3.63) is 0 Å². The minimum absolute atomic E-state index is 0.0237. The molecule has 5 fully saturated rings. The molecule has 0 radical (unpaired) electrons. The van der Waals surface area contributed by atoms with Gasteiger partial charge in [-0.2, -0.15) is 0 Å². The summed E-state index contributed by atoms with van der Waals surface area (Å²) in [6, 6.07) is 3.19. The van der Waals surface area contributed by atoms with E-state index < -0.39 is 0 Å². The third kappa shape index (κ3) is 17.1. The molecular weight excluding hydrogens is 640 g/mol. The molecule has 0 amide bonds. The minimum Gasteiger partial charge on any atom is -0.396 e. The Hall–Kier alpha value is -0.520. The van der Waals surface area contributed by atoms with Crippen LogP contribution in [0.25, 0.3) is 0 Å². The van der Waals surface area contributed by atoms with Gasteiger partial charge in [0.2, 0.25) is 0 Å². The monoisotopic (exact) mass is 719 g/mol. The Morgan fingerprint density at radius 1 is 0.520 bits per heavy atom. The van der Waals surface area contributed by atoms with E-state index in [1.807, 2.05) is 0 Å². The van der Waals surface area contributed by atoms with Crippen LogP contribution in [0.3, 0.4) is 0 Å². The fourth-order valence-electron chi connectivity index (χ4n) is 6.70. The molecule has 5 aliphatic heterocycles. The summed E-state index contributed by atoms with van der Waals surface area (Å²) in [7, 11) is 0. The van der Waals surface area contributed by atoms with E-state index in [-0.39, 0.29) is 44.6 Å². The zero-order valence-electron chi connectivity index (χ0n) is 33.2. The highest BCUT2D eigenvalue weighted by atomic mass is 16.5. The lowest BCUT2D eigenvalue weighted by Crippen LogP contribution is -2.57. The molecule has 0 aromatic rings. The molecule has 4 N–H and O–H groups in total. The molecule has 0 unspecified atom stereocenters. The molecule has 13 nitrogen and oxygen atoms in total. The average Bonchev–Trinajstić information content (AvgIpc) is 3.11. The fourth-order valence-corrected chi connectivity index (χ4v) is 6.70. The van der Waals surface area contributed by atoms with Gasteiger partial charge in [-0.25, -0.2) is 0 Å². The number of rotatable bonds is 11. The van der Waals surface area contributed by atoms with Gasteiger partial charge >= 0.3 is 0 Å². The van der Waals surface area contributed by atoms with Crippen molar-refractivity contribution in [2.24, 2.45) is 5.92 Å². The second-order valence-electron chi connectivity index (χ2n) is 15.5. The molecule has 0 aliphatic carbocycles. The van der Waals surface area contributed by atoms with E-state index >= 15 is 0 Å². The smallest absolute Gasteiger partial charge is 0.0932 e. The van der Waals surface area contributed by atoms with Gasteiger partial charge in [-0.05, 0) is 55.4 Å². The van der Waals surface area contributed by atoms with Crippen molar-refractivity contribution in [3.63, 3.8) is 0 Å². The van der Waals surface area contributed by atoms with Crippen LogP contribution in [0.5, 0.6) is 0 Å². The topological polar surface area (TPSA) is 128 Å². The quantitative estimate of drug-likeness (QED) is 0.233. The van der Waals surface area contributed by atoms with Crippen molar-refractivity contribution in [1.29, 1.82) is 0 Å². The van der Waals surface area contributed by atoms with Crippen molar-refractivity contribution in [1.82, 2.24) is 29.4 Å². The highest BCUT2D eigenvalue weighted by Crippen LogP contribution is 2.14. The van der Waals surface area contributed by atoms with Crippen molar-refractivity contribution in [3.8, 4) is 0 Å². The molecule has 13 heteroatoms. The van der Waals surface area contributed by atoms with Crippen LogP contribution < -0.4 is 0 Å². The van der Waals surface area contributed by atoms with E-state index in [1.165, 1.54) is 26.2 Å². The van der Waals surface area contributed by atoms with E-state index in [2.05, 4.69) is 84.8 Å².